The molecule has 0 radical (unpaired) electrons. The van der Waals surface area contributed by atoms with Gasteiger partial charge in [-0.3, -0.25) is 9.59 Å². The summed E-state index contributed by atoms with van der Waals surface area (Å²) in [4.78, 5) is 47.6. The van der Waals surface area contributed by atoms with Gasteiger partial charge in [-0.05, 0) is 38.3 Å². The molecule has 2 aliphatic rings. The molecule has 2 unspecified atom stereocenters. The van der Waals surface area contributed by atoms with Crippen LogP contribution in [0.25, 0.3) is 22.3 Å². The number of aliphatic carboxylic acids is 1. The maximum absolute atomic E-state index is 13.4. The molecule has 2 fully saturated rings. The number of fused-ring (bicyclic) bond motifs is 1. The van der Waals surface area contributed by atoms with Gasteiger partial charge in [0.25, 0.3) is 0 Å². The lowest BCUT2D eigenvalue weighted by Crippen LogP contribution is -2.49. The van der Waals surface area contributed by atoms with E-state index in [4.69, 9.17) is 14.2 Å². The summed E-state index contributed by atoms with van der Waals surface area (Å²) >= 11 is 0. The first-order chi connectivity index (χ1) is 19.3. The van der Waals surface area contributed by atoms with E-state index < -0.39 is 41.3 Å². The number of esters is 1. The maximum Gasteiger partial charge on any atom is 0.332 e. The predicted molar refractivity (Wildman–Crippen MR) is 146 cm³/mol. The van der Waals surface area contributed by atoms with Crippen LogP contribution in [-0.4, -0.2) is 58.3 Å². The molecule has 10 nitrogen and oxygen atoms in total. The van der Waals surface area contributed by atoms with Crippen LogP contribution in [0.15, 0.2) is 61.2 Å². The van der Waals surface area contributed by atoms with Crippen molar-refractivity contribution in [3.8, 4) is 23.0 Å². The third-order valence-electron chi connectivity index (χ3n) is 7.64. The summed E-state index contributed by atoms with van der Waals surface area (Å²) in [5.41, 5.74) is 0.184. The van der Waals surface area contributed by atoms with Crippen molar-refractivity contribution in [2.45, 2.75) is 37.8 Å². The Balaban J connectivity index is 1.42. The predicted octanol–water partition coefficient (Wildman–Crippen LogP) is 3.79. The van der Waals surface area contributed by atoms with Crippen molar-refractivity contribution >= 4 is 28.7 Å². The van der Waals surface area contributed by atoms with Gasteiger partial charge in [0.1, 0.15) is 17.4 Å². The van der Waals surface area contributed by atoms with E-state index in [1.165, 1.54) is 0 Å². The van der Waals surface area contributed by atoms with Gasteiger partial charge in [-0.2, -0.15) is 4.98 Å². The van der Waals surface area contributed by atoms with Gasteiger partial charge in [-0.15, -0.1) is 6.58 Å². The second-order valence-electron chi connectivity index (χ2n) is 10.1. The Morgan fingerprint density at radius 2 is 1.88 bits per heavy atom. The number of nitrogens with zero attached hydrogens (tertiary/aromatic N) is 2. The van der Waals surface area contributed by atoms with Crippen molar-refractivity contribution in [3.63, 3.8) is 0 Å². The minimum atomic E-state index is -1.21. The average molecular weight is 546 g/mol. The molecule has 2 N–H and O–H groups in total. The van der Waals surface area contributed by atoms with Gasteiger partial charge < -0.3 is 24.6 Å². The normalized spacial score (nSPS) is 25.1. The minimum Gasteiger partial charge on any atom is -0.497 e. The highest BCUT2D eigenvalue weighted by Gasteiger charge is 2.62. The van der Waals surface area contributed by atoms with Gasteiger partial charge in [0.15, 0.2) is 5.82 Å². The number of rotatable bonds is 10. The van der Waals surface area contributed by atoms with E-state index in [-0.39, 0.29) is 25.4 Å². The van der Waals surface area contributed by atoms with Crippen LogP contribution in [0.4, 0.5) is 0 Å². The second-order valence-corrected chi connectivity index (χ2v) is 10.1. The van der Waals surface area contributed by atoms with E-state index in [1.54, 1.807) is 38.3 Å². The van der Waals surface area contributed by atoms with Crippen molar-refractivity contribution in [3.05, 3.63) is 61.2 Å². The van der Waals surface area contributed by atoms with Crippen LogP contribution in [0, 0.1) is 17.8 Å². The molecule has 2 aliphatic carbocycles. The summed E-state index contributed by atoms with van der Waals surface area (Å²) in [6.07, 6.45) is 1.61. The number of nitrogens with one attached hydrogen (secondary N) is 1. The monoisotopic (exact) mass is 545 g/mol. The lowest BCUT2D eigenvalue weighted by Gasteiger charge is -2.21. The van der Waals surface area contributed by atoms with Gasteiger partial charge >= 0.3 is 11.9 Å². The van der Waals surface area contributed by atoms with E-state index in [0.29, 0.717) is 34.8 Å². The summed E-state index contributed by atoms with van der Waals surface area (Å²) < 4.78 is 16.9. The third-order valence-corrected chi connectivity index (χ3v) is 7.64. The SMILES string of the molecule is C=CC1CC1(NC(=O)[C@@H]1C[C@@H](Oc2nc(-c3ccccc3)nc3cc(OC)ccc23)C[C@H]1C(=O)O)C(=O)OCC. The third kappa shape index (κ3) is 5.09. The Morgan fingerprint density at radius 1 is 1.12 bits per heavy atom. The summed E-state index contributed by atoms with van der Waals surface area (Å²) in [5, 5.41) is 13.4. The molecule has 0 aliphatic heterocycles. The number of ether oxygens (including phenoxy) is 3. The van der Waals surface area contributed by atoms with Crippen molar-refractivity contribution in [1.82, 2.24) is 15.3 Å². The van der Waals surface area contributed by atoms with Crippen molar-refractivity contribution in [1.29, 1.82) is 0 Å². The van der Waals surface area contributed by atoms with E-state index in [0.717, 1.165) is 5.56 Å². The summed E-state index contributed by atoms with van der Waals surface area (Å²) in [5.74, 6) is -2.97. The lowest BCUT2D eigenvalue weighted by molar-refractivity contribution is -0.150. The number of aromatic nitrogens is 2. The van der Waals surface area contributed by atoms with Crippen LogP contribution < -0.4 is 14.8 Å². The van der Waals surface area contributed by atoms with Crippen molar-refractivity contribution in [2.75, 3.05) is 13.7 Å². The molecule has 1 aromatic heterocycles. The first-order valence-electron chi connectivity index (χ1n) is 13.2. The zero-order chi connectivity index (χ0) is 28.4. The zero-order valence-electron chi connectivity index (χ0n) is 22.3. The lowest BCUT2D eigenvalue weighted by atomic mass is 9.94. The summed E-state index contributed by atoms with van der Waals surface area (Å²) in [7, 11) is 1.57. The number of amides is 1. The smallest absolute Gasteiger partial charge is 0.332 e. The van der Waals surface area contributed by atoms with Crippen molar-refractivity contribution < 1.29 is 33.7 Å². The van der Waals surface area contributed by atoms with E-state index in [9.17, 15) is 19.5 Å². The number of hydrogen-bond donors (Lipinski definition) is 2. The van der Waals surface area contributed by atoms with E-state index in [2.05, 4.69) is 21.9 Å². The fourth-order valence-corrected chi connectivity index (χ4v) is 5.40. The molecule has 40 heavy (non-hydrogen) atoms. The maximum atomic E-state index is 13.4. The average Bonchev–Trinajstić information content (AvgIpc) is 3.51. The van der Waals surface area contributed by atoms with E-state index in [1.807, 2.05) is 30.3 Å². The number of hydrogen-bond acceptors (Lipinski definition) is 8. The Bertz CT molecular complexity index is 1460. The molecule has 208 valence electrons. The number of carboxylic acid groups (broad SMARTS) is 1. The van der Waals surface area contributed by atoms with Crippen LogP contribution in [0.2, 0.25) is 0 Å². The molecular formula is C30H31N3O7. The van der Waals surface area contributed by atoms with Crippen LogP contribution in [-0.2, 0) is 19.1 Å². The van der Waals surface area contributed by atoms with Crippen LogP contribution >= 0.6 is 0 Å². The first-order valence-corrected chi connectivity index (χ1v) is 13.2. The molecule has 2 saturated carbocycles. The number of methoxy groups -OCH3 is 1. The molecule has 5 atom stereocenters. The summed E-state index contributed by atoms with van der Waals surface area (Å²) in [6.45, 7) is 5.60. The fourth-order valence-electron chi connectivity index (χ4n) is 5.40. The number of carboxylic acids is 1. The first kappa shape index (κ1) is 27.1. The van der Waals surface area contributed by atoms with Gasteiger partial charge in [-0.25, -0.2) is 9.78 Å². The fraction of sp³-hybridized carbons (Fsp3) is 0.367. The molecule has 10 heteroatoms. The second kappa shape index (κ2) is 11.0. The quantitative estimate of drug-likeness (QED) is 0.288. The minimum absolute atomic E-state index is 0.104. The molecule has 5 rings (SSSR count). The Hall–Kier alpha value is -4.47. The number of carbonyl (C=O) groups is 3. The topological polar surface area (TPSA) is 137 Å². The molecule has 1 amide bonds. The molecule has 2 aromatic carbocycles. The Morgan fingerprint density at radius 3 is 2.52 bits per heavy atom. The highest BCUT2D eigenvalue weighted by molar-refractivity contribution is 5.94. The molecule has 1 heterocycles. The molecule has 0 spiro atoms. The van der Waals surface area contributed by atoms with Gasteiger partial charge in [0.2, 0.25) is 11.8 Å². The van der Waals surface area contributed by atoms with Crippen LogP contribution in [0.3, 0.4) is 0 Å². The number of benzene rings is 2. The molecular weight excluding hydrogens is 514 g/mol. The van der Waals surface area contributed by atoms with E-state index >= 15 is 0 Å². The van der Waals surface area contributed by atoms with Gasteiger partial charge in [-0.1, -0.05) is 36.4 Å². The van der Waals surface area contributed by atoms with Gasteiger partial charge in [0, 0.05) is 17.5 Å². The largest absolute Gasteiger partial charge is 0.497 e. The highest BCUT2D eigenvalue weighted by atomic mass is 16.5. The molecule has 0 bridgehead atoms. The van der Waals surface area contributed by atoms with Crippen LogP contribution in [0.5, 0.6) is 11.6 Å². The molecule has 3 aromatic rings. The summed E-state index contributed by atoms with van der Waals surface area (Å²) in [6, 6.07) is 14.8. The molecule has 0 saturated heterocycles. The van der Waals surface area contributed by atoms with Crippen molar-refractivity contribution in [2.24, 2.45) is 17.8 Å². The highest BCUT2D eigenvalue weighted by Crippen LogP contribution is 2.46. The standard InChI is InChI=1S/C30H31N3O7/c1-4-18-16-30(18,29(37)39-5-2)33-26(34)22-13-20(14-23(22)28(35)36)40-27-21-12-11-19(38-3)15-24(21)31-25(32-27)17-9-7-6-8-10-17/h4,6-12,15,18,20,22-23H,1,5,13-14,16H2,2-3H3,(H,33,34)(H,35,36)/t18?,20-,22-,23-,30?/m1/s1. The zero-order valence-corrected chi connectivity index (χ0v) is 22.3. The van der Waals surface area contributed by atoms with Gasteiger partial charge in [0.05, 0.1) is 36.5 Å². The number of carbonyl (C=O) groups excluding carboxylic acids is 2. The Labute approximate surface area is 231 Å². The van der Waals surface area contributed by atoms with Crippen LogP contribution in [0.1, 0.15) is 26.2 Å². The Kier molecular flexibility index (Phi) is 7.42.